The highest BCUT2D eigenvalue weighted by atomic mass is 32.1. The largest absolute Gasteiger partial charge is 0.335 e. The fraction of sp³-hybridized carbons (Fsp3) is 0.706. The first-order valence-corrected chi connectivity index (χ1v) is 9.11. The molecule has 2 aliphatic carbocycles. The molecule has 1 aromatic rings. The van der Waals surface area contributed by atoms with Crippen molar-refractivity contribution in [1.29, 1.82) is 0 Å². The van der Waals surface area contributed by atoms with E-state index in [1.807, 2.05) is 7.05 Å². The van der Waals surface area contributed by atoms with E-state index in [2.05, 4.69) is 27.7 Å². The SMILES string of the molecule is CNC1(CC(=O)N(Cc2cccs2)C2CC2)CCCCC1. The minimum Gasteiger partial charge on any atom is -0.335 e. The van der Waals surface area contributed by atoms with Crippen LogP contribution in [0.5, 0.6) is 0 Å². The molecule has 0 aromatic carbocycles. The van der Waals surface area contributed by atoms with E-state index >= 15 is 0 Å². The maximum absolute atomic E-state index is 12.9. The van der Waals surface area contributed by atoms with Gasteiger partial charge in [0.1, 0.15) is 0 Å². The first-order valence-electron chi connectivity index (χ1n) is 8.23. The molecule has 0 radical (unpaired) electrons. The Labute approximate surface area is 131 Å². The monoisotopic (exact) mass is 306 g/mol. The molecule has 2 saturated carbocycles. The van der Waals surface area contributed by atoms with Gasteiger partial charge < -0.3 is 10.2 Å². The van der Waals surface area contributed by atoms with E-state index in [1.165, 1.54) is 37.0 Å². The number of hydrogen-bond donors (Lipinski definition) is 1. The standard InChI is InChI=1S/C17H26N2OS/c1-18-17(9-3-2-4-10-17)12-16(20)19(14-7-8-14)13-15-6-5-11-21-15/h5-6,11,14,18H,2-4,7-10,12-13H2,1H3. The summed E-state index contributed by atoms with van der Waals surface area (Å²) >= 11 is 1.76. The van der Waals surface area contributed by atoms with Crippen LogP contribution in [0.15, 0.2) is 17.5 Å². The van der Waals surface area contributed by atoms with Gasteiger partial charge in [0.25, 0.3) is 0 Å². The predicted octanol–water partition coefficient (Wildman–Crippen LogP) is 3.55. The first kappa shape index (κ1) is 15.0. The summed E-state index contributed by atoms with van der Waals surface area (Å²) in [6, 6.07) is 4.71. The molecule has 3 rings (SSSR count). The van der Waals surface area contributed by atoms with Crippen molar-refractivity contribution in [2.75, 3.05) is 7.05 Å². The third kappa shape index (κ3) is 3.67. The lowest BCUT2D eigenvalue weighted by atomic mass is 9.79. The fourth-order valence-corrected chi connectivity index (χ4v) is 4.21. The van der Waals surface area contributed by atoms with Crippen LogP contribution in [0.1, 0.15) is 56.2 Å². The van der Waals surface area contributed by atoms with Gasteiger partial charge in [-0.25, -0.2) is 0 Å². The molecule has 3 nitrogen and oxygen atoms in total. The highest BCUT2D eigenvalue weighted by Gasteiger charge is 2.38. The van der Waals surface area contributed by atoms with Crippen LogP contribution < -0.4 is 5.32 Å². The van der Waals surface area contributed by atoms with Crippen LogP contribution in [0.2, 0.25) is 0 Å². The Hall–Kier alpha value is -0.870. The van der Waals surface area contributed by atoms with Gasteiger partial charge in [-0.2, -0.15) is 0 Å². The molecule has 116 valence electrons. The zero-order valence-electron chi connectivity index (χ0n) is 12.9. The number of hydrogen-bond acceptors (Lipinski definition) is 3. The molecule has 0 bridgehead atoms. The number of carbonyl (C=O) groups excluding carboxylic acids is 1. The zero-order chi connectivity index (χ0) is 14.7. The minimum absolute atomic E-state index is 0.0535. The van der Waals surface area contributed by atoms with E-state index in [0.29, 0.717) is 18.4 Å². The second-order valence-electron chi connectivity index (χ2n) is 6.60. The maximum Gasteiger partial charge on any atom is 0.225 e. The highest BCUT2D eigenvalue weighted by Crippen LogP contribution is 2.34. The van der Waals surface area contributed by atoms with Crippen LogP contribution in [0.4, 0.5) is 0 Å². The van der Waals surface area contributed by atoms with Crippen LogP contribution in [-0.4, -0.2) is 29.4 Å². The normalized spacial score (nSPS) is 21.2. The molecule has 2 aliphatic rings. The van der Waals surface area contributed by atoms with Gasteiger partial charge in [0, 0.05) is 22.9 Å². The van der Waals surface area contributed by atoms with Gasteiger partial charge in [0.2, 0.25) is 5.91 Å². The Morgan fingerprint density at radius 2 is 2.14 bits per heavy atom. The van der Waals surface area contributed by atoms with Crippen LogP contribution in [0.3, 0.4) is 0 Å². The Bertz CT molecular complexity index is 461. The molecule has 0 saturated heterocycles. The highest BCUT2D eigenvalue weighted by molar-refractivity contribution is 7.09. The van der Waals surface area contributed by atoms with Crippen molar-refractivity contribution in [2.24, 2.45) is 0 Å². The Kier molecular flexibility index (Phi) is 4.65. The lowest BCUT2D eigenvalue weighted by molar-refractivity contribution is -0.134. The fourth-order valence-electron chi connectivity index (χ4n) is 3.51. The molecule has 21 heavy (non-hydrogen) atoms. The summed E-state index contributed by atoms with van der Waals surface area (Å²) in [5, 5.41) is 5.57. The summed E-state index contributed by atoms with van der Waals surface area (Å²) in [6.07, 6.45) is 9.16. The van der Waals surface area contributed by atoms with Gasteiger partial charge in [-0.15, -0.1) is 11.3 Å². The van der Waals surface area contributed by atoms with Crippen LogP contribution >= 0.6 is 11.3 Å². The van der Waals surface area contributed by atoms with Gasteiger partial charge in [0.05, 0.1) is 6.54 Å². The first-order chi connectivity index (χ1) is 10.2. The summed E-state index contributed by atoms with van der Waals surface area (Å²) < 4.78 is 0. The molecule has 1 amide bonds. The second-order valence-corrected chi connectivity index (χ2v) is 7.63. The zero-order valence-corrected chi connectivity index (χ0v) is 13.8. The number of rotatable bonds is 6. The van der Waals surface area contributed by atoms with Gasteiger partial charge in [-0.05, 0) is 44.2 Å². The number of carbonyl (C=O) groups is 1. The van der Waals surface area contributed by atoms with E-state index in [9.17, 15) is 4.79 Å². The molecule has 0 spiro atoms. The van der Waals surface area contributed by atoms with E-state index in [1.54, 1.807) is 11.3 Å². The second kappa shape index (κ2) is 6.49. The number of nitrogens with zero attached hydrogens (tertiary/aromatic N) is 1. The number of nitrogens with one attached hydrogen (secondary N) is 1. The quantitative estimate of drug-likeness (QED) is 0.871. The topological polar surface area (TPSA) is 32.3 Å². The summed E-state index contributed by atoms with van der Waals surface area (Å²) in [5.41, 5.74) is 0.0535. The molecule has 0 unspecified atom stereocenters. The average molecular weight is 306 g/mol. The molecule has 0 atom stereocenters. The van der Waals surface area contributed by atoms with Crippen LogP contribution in [-0.2, 0) is 11.3 Å². The molecular weight excluding hydrogens is 280 g/mol. The van der Waals surface area contributed by atoms with Crippen LogP contribution in [0.25, 0.3) is 0 Å². The van der Waals surface area contributed by atoms with Crippen molar-refractivity contribution in [3.05, 3.63) is 22.4 Å². The summed E-state index contributed by atoms with van der Waals surface area (Å²) in [7, 11) is 2.03. The van der Waals surface area contributed by atoms with Crippen molar-refractivity contribution in [1.82, 2.24) is 10.2 Å². The average Bonchev–Trinajstić information content (AvgIpc) is 3.22. The maximum atomic E-state index is 12.9. The summed E-state index contributed by atoms with van der Waals surface area (Å²) in [4.78, 5) is 16.3. The molecule has 4 heteroatoms. The molecule has 1 heterocycles. The minimum atomic E-state index is 0.0535. The van der Waals surface area contributed by atoms with Gasteiger partial charge >= 0.3 is 0 Å². The van der Waals surface area contributed by atoms with Crippen molar-refractivity contribution < 1.29 is 4.79 Å². The molecule has 1 aromatic heterocycles. The van der Waals surface area contributed by atoms with E-state index in [-0.39, 0.29) is 5.54 Å². The van der Waals surface area contributed by atoms with E-state index < -0.39 is 0 Å². The Balaban J connectivity index is 1.66. The van der Waals surface area contributed by atoms with Gasteiger partial charge in [-0.3, -0.25) is 4.79 Å². The van der Waals surface area contributed by atoms with Crippen LogP contribution in [0, 0.1) is 0 Å². The van der Waals surface area contributed by atoms with Crippen molar-refractivity contribution >= 4 is 17.2 Å². The summed E-state index contributed by atoms with van der Waals surface area (Å²) in [5.74, 6) is 0.349. The number of amides is 1. The van der Waals surface area contributed by atoms with E-state index in [4.69, 9.17) is 0 Å². The van der Waals surface area contributed by atoms with Gasteiger partial charge in [0.15, 0.2) is 0 Å². The summed E-state index contributed by atoms with van der Waals surface area (Å²) in [6.45, 7) is 0.807. The van der Waals surface area contributed by atoms with Gasteiger partial charge in [-0.1, -0.05) is 25.3 Å². The smallest absolute Gasteiger partial charge is 0.225 e. The molecule has 0 aliphatic heterocycles. The predicted molar refractivity (Wildman–Crippen MR) is 87.4 cm³/mol. The molecule has 1 N–H and O–H groups in total. The molecule has 2 fully saturated rings. The molecular formula is C17H26N2OS. The van der Waals surface area contributed by atoms with E-state index in [0.717, 1.165) is 19.4 Å². The van der Waals surface area contributed by atoms with Crippen molar-refractivity contribution in [3.8, 4) is 0 Å². The van der Waals surface area contributed by atoms with Crippen molar-refractivity contribution in [2.45, 2.75) is 69.5 Å². The lowest BCUT2D eigenvalue weighted by Crippen LogP contribution is -2.49. The third-order valence-electron chi connectivity index (χ3n) is 5.04. The Morgan fingerprint density at radius 3 is 2.71 bits per heavy atom. The van der Waals surface area contributed by atoms with Crippen molar-refractivity contribution in [3.63, 3.8) is 0 Å². The lowest BCUT2D eigenvalue weighted by Gasteiger charge is -2.38. The third-order valence-corrected chi connectivity index (χ3v) is 5.91. The number of thiophene rings is 1. The Morgan fingerprint density at radius 1 is 1.38 bits per heavy atom.